The predicted octanol–water partition coefficient (Wildman–Crippen LogP) is 4.54. The molecule has 0 saturated carbocycles. The second kappa shape index (κ2) is 11.0. The van der Waals surface area contributed by atoms with Crippen LogP contribution in [-0.2, 0) is 44.1 Å². The summed E-state index contributed by atoms with van der Waals surface area (Å²) < 4.78 is 18.8. The molecule has 1 saturated heterocycles. The van der Waals surface area contributed by atoms with Gasteiger partial charge in [0.2, 0.25) is 11.5 Å². The molecule has 0 aromatic heterocycles. The van der Waals surface area contributed by atoms with Crippen molar-refractivity contribution in [3.05, 3.63) is 70.5 Å². The molecule has 0 bridgehead atoms. The molecule has 3 amide bonds. The quantitative estimate of drug-likeness (QED) is 0.562. The Morgan fingerprint density at radius 3 is 2.33 bits per heavy atom. The first-order valence-corrected chi connectivity index (χ1v) is 12.3. The van der Waals surface area contributed by atoms with Gasteiger partial charge in [0.1, 0.15) is 18.1 Å². The van der Waals surface area contributed by atoms with Crippen molar-refractivity contribution in [1.82, 2.24) is 9.80 Å². The Morgan fingerprint density at radius 2 is 1.72 bits per heavy atom. The summed E-state index contributed by atoms with van der Waals surface area (Å²) in [4.78, 5) is 53.1. The van der Waals surface area contributed by atoms with Crippen molar-refractivity contribution in [2.24, 2.45) is 0 Å². The Balaban J connectivity index is 0.00000176. The largest absolute Gasteiger partial charge is 0.427 e. The third-order valence-corrected chi connectivity index (χ3v) is 6.38. The summed E-state index contributed by atoms with van der Waals surface area (Å²) in [6.07, 6.45) is 0.285. The zero-order chi connectivity index (χ0) is 26.6. The predicted molar refractivity (Wildman–Crippen MR) is 132 cm³/mol. The first-order chi connectivity index (χ1) is 17.1. The van der Waals surface area contributed by atoms with E-state index in [1.807, 2.05) is 33.8 Å². The van der Waals surface area contributed by atoms with Gasteiger partial charge in [0.05, 0.1) is 0 Å². The van der Waals surface area contributed by atoms with Gasteiger partial charge in [0.15, 0.2) is 0 Å². The minimum atomic E-state index is -1.43. The number of carbonyl (C=O) groups excluding carboxylic acids is 4. The first-order valence-electron chi connectivity index (χ1n) is 12.3. The standard InChI is InChI=1S/C26H27FN2O5.C2H6/c1-16(2)28(14-18-4-7-21(27)8-5-18)23(31)15-29-24(32)26(34-25(29)33)11-10-20-13-19(12-17(3)30)6-9-22(20)26;1-2/h4-9,13,16H,10-12,14-15H2,1-3H3;1-2H3. The van der Waals surface area contributed by atoms with Gasteiger partial charge in [0, 0.05) is 31.0 Å². The van der Waals surface area contributed by atoms with Crippen molar-refractivity contribution < 1.29 is 28.3 Å². The van der Waals surface area contributed by atoms with Crippen LogP contribution in [0.15, 0.2) is 42.5 Å². The molecule has 192 valence electrons. The van der Waals surface area contributed by atoms with E-state index in [1.165, 1.54) is 24.0 Å². The number of imide groups is 1. The maximum atomic E-state index is 13.4. The first kappa shape index (κ1) is 27.0. The minimum absolute atomic E-state index is 0.0380. The highest BCUT2D eigenvalue weighted by atomic mass is 19.1. The molecule has 0 N–H and O–H groups in total. The van der Waals surface area contributed by atoms with Crippen LogP contribution in [0.2, 0.25) is 0 Å². The van der Waals surface area contributed by atoms with Crippen molar-refractivity contribution in [2.45, 2.75) is 72.1 Å². The van der Waals surface area contributed by atoms with Gasteiger partial charge in [-0.3, -0.25) is 14.4 Å². The van der Waals surface area contributed by atoms with Crippen LogP contribution in [0.3, 0.4) is 0 Å². The Bertz CT molecular complexity index is 1160. The van der Waals surface area contributed by atoms with Crippen molar-refractivity contribution in [3.8, 4) is 0 Å². The van der Waals surface area contributed by atoms with Crippen LogP contribution in [0, 0.1) is 5.82 Å². The highest BCUT2D eigenvalue weighted by Gasteiger charge is 2.58. The van der Waals surface area contributed by atoms with E-state index in [4.69, 9.17) is 4.74 Å². The third-order valence-electron chi connectivity index (χ3n) is 6.38. The summed E-state index contributed by atoms with van der Waals surface area (Å²) in [6, 6.07) is 11.0. The van der Waals surface area contributed by atoms with Gasteiger partial charge in [-0.25, -0.2) is 14.1 Å². The zero-order valence-corrected chi connectivity index (χ0v) is 21.5. The molecule has 7 nitrogen and oxygen atoms in total. The highest BCUT2D eigenvalue weighted by Crippen LogP contribution is 2.45. The number of benzene rings is 2. The Labute approximate surface area is 211 Å². The summed E-state index contributed by atoms with van der Waals surface area (Å²) in [7, 11) is 0. The van der Waals surface area contributed by atoms with Gasteiger partial charge < -0.3 is 9.64 Å². The number of aryl methyl sites for hydroxylation is 1. The van der Waals surface area contributed by atoms with Gasteiger partial charge in [-0.05, 0) is 56.0 Å². The number of nitrogens with zero attached hydrogens (tertiary/aromatic N) is 2. The maximum Gasteiger partial charge on any atom is 0.418 e. The fourth-order valence-electron chi connectivity index (χ4n) is 4.68. The molecular weight excluding hydrogens is 463 g/mol. The fourth-order valence-corrected chi connectivity index (χ4v) is 4.68. The second-order valence-corrected chi connectivity index (χ2v) is 9.20. The van der Waals surface area contributed by atoms with Gasteiger partial charge in [0.25, 0.3) is 5.91 Å². The lowest BCUT2D eigenvalue weighted by Crippen LogP contribution is -2.46. The molecule has 1 heterocycles. The van der Waals surface area contributed by atoms with E-state index >= 15 is 0 Å². The number of amides is 3. The molecule has 1 unspecified atom stereocenters. The maximum absolute atomic E-state index is 13.4. The molecule has 2 aliphatic rings. The summed E-state index contributed by atoms with van der Waals surface area (Å²) in [6.45, 7) is 8.97. The number of halogens is 1. The van der Waals surface area contributed by atoms with Gasteiger partial charge in [-0.15, -0.1) is 0 Å². The van der Waals surface area contributed by atoms with Crippen LogP contribution >= 0.6 is 0 Å². The van der Waals surface area contributed by atoms with Crippen LogP contribution in [-0.4, -0.2) is 46.1 Å². The summed E-state index contributed by atoms with van der Waals surface area (Å²) >= 11 is 0. The van der Waals surface area contributed by atoms with E-state index in [2.05, 4.69) is 0 Å². The molecule has 1 atom stereocenters. The Kier molecular flexibility index (Phi) is 8.28. The van der Waals surface area contributed by atoms with E-state index < -0.39 is 30.1 Å². The molecule has 1 aliphatic carbocycles. The average molecular weight is 497 g/mol. The van der Waals surface area contributed by atoms with E-state index in [0.717, 1.165) is 21.6 Å². The Morgan fingerprint density at radius 1 is 1.08 bits per heavy atom. The van der Waals surface area contributed by atoms with Crippen molar-refractivity contribution in [1.29, 1.82) is 0 Å². The van der Waals surface area contributed by atoms with Gasteiger partial charge in [-0.1, -0.05) is 44.2 Å². The normalized spacial score (nSPS) is 18.1. The zero-order valence-electron chi connectivity index (χ0n) is 21.5. The number of ether oxygens (including phenoxy) is 1. The molecule has 36 heavy (non-hydrogen) atoms. The molecule has 4 rings (SSSR count). The molecule has 1 fully saturated rings. The van der Waals surface area contributed by atoms with Crippen LogP contribution in [0.25, 0.3) is 0 Å². The number of Topliss-reactive ketones (excluding diaryl/α,β-unsaturated/α-hetero) is 1. The molecule has 2 aromatic carbocycles. The summed E-state index contributed by atoms with van der Waals surface area (Å²) in [5, 5.41) is 0. The minimum Gasteiger partial charge on any atom is -0.427 e. The van der Waals surface area contributed by atoms with Crippen molar-refractivity contribution in [2.75, 3.05) is 6.54 Å². The number of fused-ring (bicyclic) bond motifs is 2. The number of ketones is 1. The molecular formula is C28H33FN2O5. The monoisotopic (exact) mass is 496 g/mol. The smallest absolute Gasteiger partial charge is 0.418 e. The fraction of sp³-hybridized carbons (Fsp3) is 0.429. The van der Waals surface area contributed by atoms with E-state index in [0.29, 0.717) is 24.8 Å². The lowest BCUT2D eigenvalue weighted by Gasteiger charge is -2.28. The van der Waals surface area contributed by atoms with Crippen LogP contribution < -0.4 is 0 Å². The number of rotatable bonds is 7. The third kappa shape index (κ3) is 5.32. The molecule has 1 aliphatic heterocycles. The van der Waals surface area contributed by atoms with Crippen molar-refractivity contribution in [3.63, 3.8) is 0 Å². The molecule has 1 spiro atoms. The highest BCUT2D eigenvalue weighted by molar-refractivity contribution is 6.06. The lowest BCUT2D eigenvalue weighted by atomic mass is 9.93. The molecule has 8 heteroatoms. The number of hydrogen-bond acceptors (Lipinski definition) is 5. The summed E-state index contributed by atoms with van der Waals surface area (Å²) in [5.74, 6) is -1.28. The topological polar surface area (TPSA) is 84.0 Å². The molecule has 2 aromatic rings. The van der Waals surface area contributed by atoms with E-state index in [1.54, 1.807) is 24.3 Å². The van der Waals surface area contributed by atoms with Gasteiger partial charge >= 0.3 is 6.09 Å². The molecule has 0 radical (unpaired) electrons. The van der Waals surface area contributed by atoms with Gasteiger partial charge in [-0.2, -0.15) is 0 Å². The lowest BCUT2D eigenvalue weighted by molar-refractivity contribution is -0.142. The Hall–Kier alpha value is -3.55. The average Bonchev–Trinajstić information content (AvgIpc) is 3.31. The van der Waals surface area contributed by atoms with Crippen molar-refractivity contribution >= 4 is 23.7 Å². The number of hydrogen-bond donors (Lipinski definition) is 0. The van der Waals surface area contributed by atoms with Crippen LogP contribution in [0.1, 0.15) is 63.3 Å². The number of carbonyl (C=O) groups is 4. The summed E-state index contributed by atoms with van der Waals surface area (Å²) in [5.41, 5.74) is 1.64. The van der Waals surface area contributed by atoms with Crippen LogP contribution in [0.5, 0.6) is 0 Å². The van der Waals surface area contributed by atoms with E-state index in [9.17, 15) is 23.6 Å². The van der Waals surface area contributed by atoms with Crippen LogP contribution in [0.4, 0.5) is 9.18 Å². The second-order valence-electron chi connectivity index (χ2n) is 9.20. The SMILES string of the molecule is CC.CC(=O)Cc1ccc2c(c1)CCC21OC(=O)N(CC(=O)N(Cc2ccc(F)cc2)C(C)C)C1=O. The van der Waals surface area contributed by atoms with E-state index in [-0.39, 0.29) is 24.2 Å².